The number of nitrogens with zero attached hydrogens (tertiary/aromatic N) is 1. The Bertz CT molecular complexity index is 1410. The molecular formula is C21H18N2O4S3. The van der Waals surface area contributed by atoms with Crippen molar-refractivity contribution in [2.24, 2.45) is 0 Å². The molecule has 154 valence electrons. The molecule has 1 N–H and O–H groups in total. The third kappa shape index (κ3) is 4.59. The van der Waals surface area contributed by atoms with Gasteiger partial charge in [-0.1, -0.05) is 48.5 Å². The van der Waals surface area contributed by atoms with E-state index in [0.29, 0.717) is 5.56 Å². The van der Waals surface area contributed by atoms with E-state index in [1.165, 1.54) is 24.3 Å². The fourth-order valence-corrected chi connectivity index (χ4v) is 7.14. The van der Waals surface area contributed by atoms with Crippen molar-refractivity contribution in [2.75, 3.05) is 0 Å². The lowest BCUT2D eigenvalue weighted by Crippen LogP contribution is -2.31. The average Bonchev–Trinajstić information content (AvgIpc) is 3.11. The number of aryl methyl sites for hydroxylation is 1. The first-order valence-corrected chi connectivity index (χ1v) is 12.9. The van der Waals surface area contributed by atoms with E-state index in [1.807, 2.05) is 19.1 Å². The Labute approximate surface area is 179 Å². The van der Waals surface area contributed by atoms with Crippen LogP contribution in [0.3, 0.4) is 0 Å². The zero-order chi connectivity index (χ0) is 21.4. The summed E-state index contributed by atoms with van der Waals surface area (Å²) in [4.78, 5) is 4.52. The largest absolute Gasteiger partial charge is 0.253 e. The fraction of sp³-hybridized carbons (Fsp3) is 0.0952. The number of nitrogens with one attached hydrogen (secondary N) is 1. The Hall–Kier alpha value is -2.59. The number of rotatable bonds is 6. The molecule has 1 aromatic heterocycles. The minimum absolute atomic E-state index is 0.102. The average molecular weight is 459 g/mol. The molecule has 0 fully saturated rings. The van der Waals surface area contributed by atoms with Gasteiger partial charge in [-0.15, -0.1) is 15.5 Å². The van der Waals surface area contributed by atoms with Crippen LogP contribution in [0.2, 0.25) is 0 Å². The molecule has 0 saturated heterocycles. The molecule has 4 rings (SSSR count). The second kappa shape index (κ2) is 7.92. The second-order valence-corrected chi connectivity index (χ2v) is 11.5. The van der Waals surface area contributed by atoms with Gasteiger partial charge in [-0.2, -0.15) is 0 Å². The summed E-state index contributed by atoms with van der Waals surface area (Å²) in [5.74, 6) is -0.446. The Kier molecular flexibility index (Phi) is 5.46. The van der Waals surface area contributed by atoms with Crippen molar-refractivity contribution in [1.29, 1.82) is 0 Å². The van der Waals surface area contributed by atoms with Gasteiger partial charge in [0.1, 0.15) is 5.01 Å². The Morgan fingerprint density at radius 1 is 0.900 bits per heavy atom. The van der Waals surface area contributed by atoms with E-state index in [1.54, 1.807) is 45.8 Å². The summed E-state index contributed by atoms with van der Waals surface area (Å²) in [7, 11) is -8.25. The lowest BCUT2D eigenvalue weighted by Gasteiger charge is -2.08. The smallest absolute Gasteiger partial charge is 0.236 e. The number of hydrogen-bond donors (Lipinski definition) is 1. The van der Waals surface area contributed by atoms with Gasteiger partial charge in [0.15, 0.2) is 0 Å². The van der Waals surface area contributed by atoms with Crippen molar-refractivity contribution in [2.45, 2.75) is 17.6 Å². The molecule has 0 spiro atoms. The van der Waals surface area contributed by atoms with Gasteiger partial charge in [0.25, 0.3) is 10.0 Å². The molecule has 9 heteroatoms. The quantitative estimate of drug-likeness (QED) is 0.470. The number of hydrogen-bond acceptors (Lipinski definition) is 6. The lowest BCUT2D eigenvalue weighted by atomic mass is 10.1. The van der Waals surface area contributed by atoms with E-state index in [0.717, 1.165) is 26.4 Å². The number of thiazole rings is 1. The maximum Gasteiger partial charge on any atom is 0.253 e. The molecule has 0 bridgehead atoms. The number of fused-ring (bicyclic) bond motifs is 1. The first-order valence-electron chi connectivity index (χ1n) is 9.00. The Balaban J connectivity index is 1.52. The predicted molar refractivity (Wildman–Crippen MR) is 119 cm³/mol. The highest BCUT2D eigenvalue weighted by Crippen LogP contribution is 2.31. The van der Waals surface area contributed by atoms with E-state index >= 15 is 0 Å². The standard InChI is InChI=1S/C21H18N2O4S3/c1-15-7-12-19-20(13-15)28-21(22-19)17-10-8-16(9-11-17)14-29(24,25)23-30(26,27)18-5-3-2-4-6-18/h2-13,23H,14H2,1H3. The number of sulfonamides is 2. The minimum atomic E-state index is -4.15. The van der Waals surface area contributed by atoms with Crippen LogP contribution in [0.25, 0.3) is 20.8 Å². The van der Waals surface area contributed by atoms with Crippen LogP contribution < -0.4 is 4.13 Å². The predicted octanol–water partition coefficient (Wildman–Crippen LogP) is 4.08. The van der Waals surface area contributed by atoms with Gasteiger partial charge < -0.3 is 0 Å². The van der Waals surface area contributed by atoms with Crippen molar-refractivity contribution in [3.63, 3.8) is 0 Å². The Morgan fingerprint density at radius 3 is 2.30 bits per heavy atom. The van der Waals surface area contributed by atoms with E-state index in [9.17, 15) is 16.8 Å². The van der Waals surface area contributed by atoms with E-state index < -0.39 is 25.8 Å². The third-order valence-corrected chi connectivity index (χ3v) is 8.96. The van der Waals surface area contributed by atoms with E-state index in [4.69, 9.17) is 0 Å². The van der Waals surface area contributed by atoms with Crippen LogP contribution in [0.4, 0.5) is 0 Å². The summed E-state index contributed by atoms with van der Waals surface area (Å²) in [6.07, 6.45) is 0. The summed E-state index contributed by atoms with van der Waals surface area (Å²) < 4.78 is 52.3. The normalized spacial score (nSPS) is 12.3. The molecule has 0 radical (unpaired) electrons. The molecule has 0 unspecified atom stereocenters. The highest BCUT2D eigenvalue weighted by Gasteiger charge is 2.23. The second-order valence-electron chi connectivity index (χ2n) is 6.85. The molecule has 0 aliphatic rings. The lowest BCUT2D eigenvalue weighted by molar-refractivity contribution is 0.576. The van der Waals surface area contributed by atoms with Crippen LogP contribution in [0.5, 0.6) is 0 Å². The summed E-state index contributed by atoms with van der Waals surface area (Å²) in [6, 6.07) is 20.4. The molecule has 4 aromatic rings. The van der Waals surface area contributed by atoms with Crippen molar-refractivity contribution in [3.8, 4) is 10.6 Å². The van der Waals surface area contributed by atoms with Crippen molar-refractivity contribution < 1.29 is 16.8 Å². The van der Waals surface area contributed by atoms with Gasteiger partial charge in [0.05, 0.1) is 20.9 Å². The van der Waals surface area contributed by atoms with Gasteiger partial charge in [-0.25, -0.2) is 21.8 Å². The van der Waals surface area contributed by atoms with Crippen molar-refractivity contribution >= 4 is 41.6 Å². The number of aromatic nitrogens is 1. The highest BCUT2D eigenvalue weighted by molar-refractivity contribution is 8.04. The zero-order valence-corrected chi connectivity index (χ0v) is 18.4. The molecule has 3 aromatic carbocycles. The monoisotopic (exact) mass is 458 g/mol. The summed E-state index contributed by atoms with van der Waals surface area (Å²) >= 11 is 1.57. The molecule has 1 heterocycles. The fourth-order valence-electron chi connectivity index (χ4n) is 2.96. The molecule has 0 aliphatic carbocycles. The van der Waals surface area contributed by atoms with Crippen molar-refractivity contribution in [3.05, 3.63) is 83.9 Å². The van der Waals surface area contributed by atoms with Gasteiger partial charge in [-0.05, 0) is 42.3 Å². The van der Waals surface area contributed by atoms with Crippen LogP contribution >= 0.6 is 11.3 Å². The maximum absolute atomic E-state index is 12.4. The summed E-state index contributed by atoms with van der Waals surface area (Å²) in [5, 5.41) is 0.842. The first kappa shape index (κ1) is 20.7. The number of benzene rings is 3. The van der Waals surface area contributed by atoms with E-state index in [-0.39, 0.29) is 4.90 Å². The molecule has 6 nitrogen and oxygen atoms in total. The van der Waals surface area contributed by atoms with E-state index in [2.05, 4.69) is 11.1 Å². The maximum atomic E-state index is 12.4. The van der Waals surface area contributed by atoms with Gasteiger partial charge >= 0.3 is 0 Å². The van der Waals surface area contributed by atoms with Crippen LogP contribution in [-0.4, -0.2) is 21.8 Å². The minimum Gasteiger partial charge on any atom is -0.236 e. The topological polar surface area (TPSA) is 93.2 Å². The van der Waals surface area contributed by atoms with Crippen LogP contribution in [0.1, 0.15) is 11.1 Å². The van der Waals surface area contributed by atoms with Crippen LogP contribution in [0, 0.1) is 6.92 Å². The molecule has 0 saturated carbocycles. The SMILES string of the molecule is Cc1ccc2nc(-c3ccc(CS(=O)(=O)NS(=O)(=O)c4ccccc4)cc3)sc2c1. The van der Waals surface area contributed by atoms with Crippen molar-refractivity contribution in [1.82, 2.24) is 9.11 Å². The third-order valence-electron chi connectivity index (χ3n) is 4.39. The summed E-state index contributed by atoms with van der Waals surface area (Å²) in [5.41, 5.74) is 3.44. The van der Waals surface area contributed by atoms with Gasteiger partial charge in [-0.3, -0.25) is 0 Å². The van der Waals surface area contributed by atoms with Crippen LogP contribution in [-0.2, 0) is 25.8 Å². The van der Waals surface area contributed by atoms with Crippen LogP contribution in [0.15, 0.2) is 77.7 Å². The molecule has 0 aliphatic heterocycles. The molecule has 0 atom stereocenters. The zero-order valence-electron chi connectivity index (χ0n) is 15.9. The molecular weight excluding hydrogens is 440 g/mol. The highest BCUT2D eigenvalue weighted by atomic mass is 32.3. The first-order chi connectivity index (χ1) is 14.2. The molecule has 30 heavy (non-hydrogen) atoms. The Morgan fingerprint density at radius 2 is 1.60 bits per heavy atom. The summed E-state index contributed by atoms with van der Waals surface area (Å²) in [6.45, 7) is 2.03. The van der Waals surface area contributed by atoms with Gasteiger partial charge in [0, 0.05) is 5.56 Å². The van der Waals surface area contributed by atoms with Gasteiger partial charge in [0.2, 0.25) is 10.0 Å². The molecule has 0 amide bonds.